The minimum Gasteiger partial charge on any atom is -0.358 e. The van der Waals surface area contributed by atoms with Gasteiger partial charge in [-0.25, -0.2) is 0 Å². The smallest absolute Gasteiger partial charge is 0.247 e. The van der Waals surface area contributed by atoms with Crippen molar-refractivity contribution >= 4 is 11.8 Å². The molecule has 2 aromatic rings. The Balaban J connectivity index is 1.55. The summed E-state index contributed by atoms with van der Waals surface area (Å²) in [5.41, 5.74) is 1.44. The average molecular weight is 339 g/mol. The SMILES string of the molecule is CCCCN(C)c1cnnc(N2CCC(Cc3ccccc3)CC2)n1. The van der Waals surface area contributed by atoms with Gasteiger partial charge in [0.05, 0.1) is 6.20 Å². The third-order valence-corrected chi connectivity index (χ3v) is 5.04. The van der Waals surface area contributed by atoms with Crippen LogP contribution in [0, 0.1) is 5.92 Å². The van der Waals surface area contributed by atoms with Gasteiger partial charge in [0.25, 0.3) is 0 Å². The van der Waals surface area contributed by atoms with Crippen molar-refractivity contribution in [1.82, 2.24) is 15.2 Å². The zero-order valence-electron chi connectivity index (χ0n) is 15.4. The fourth-order valence-electron chi connectivity index (χ4n) is 3.40. The minimum absolute atomic E-state index is 0.752. The Morgan fingerprint density at radius 3 is 2.64 bits per heavy atom. The fourth-order valence-corrected chi connectivity index (χ4v) is 3.40. The highest BCUT2D eigenvalue weighted by molar-refractivity contribution is 5.41. The highest BCUT2D eigenvalue weighted by Gasteiger charge is 2.22. The molecule has 1 aliphatic rings. The molecule has 0 atom stereocenters. The molecule has 0 aliphatic carbocycles. The third kappa shape index (κ3) is 4.91. The summed E-state index contributed by atoms with van der Waals surface area (Å²) in [6.45, 7) is 5.24. The molecule has 5 heteroatoms. The van der Waals surface area contributed by atoms with Crippen molar-refractivity contribution in [3.8, 4) is 0 Å². The normalized spacial score (nSPS) is 15.4. The summed E-state index contributed by atoms with van der Waals surface area (Å²) in [4.78, 5) is 9.19. The largest absolute Gasteiger partial charge is 0.358 e. The second-order valence-corrected chi connectivity index (χ2v) is 7.01. The zero-order valence-corrected chi connectivity index (χ0v) is 15.4. The summed E-state index contributed by atoms with van der Waals surface area (Å²) in [6.07, 6.45) is 7.67. The highest BCUT2D eigenvalue weighted by Crippen LogP contribution is 2.24. The Hall–Kier alpha value is -2.17. The quantitative estimate of drug-likeness (QED) is 0.772. The lowest BCUT2D eigenvalue weighted by Crippen LogP contribution is -2.36. The Kier molecular flexibility index (Phi) is 6.20. The molecule has 1 fully saturated rings. The molecular formula is C20H29N5. The summed E-state index contributed by atoms with van der Waals surface area (Å²) in [6, 6.07) is 10.8. The standard InChI is InChI=1S/C20H29N5/c1-3-4-12-24(2)19-16-21-23-20(22-19)25-13-10-18(11-14-25)15-17-8-6-5-7-9-17/h5-9,16,18H,3-4,10-15H2,1-2H3. The van der Waals surface area contributed by atoms with Gasteiger partial charge in [0.15, 0.2) is 5.82 Å². The van der Waals surface area contributed by atoms with Crippen molar-refractivity contribution in [2.24, 2.45) is 5.92 Å². The molecule has 1 aromatic carbocycles. The predicted molar refractivity (Wildman–Crippen MR) is 103 cm³/mol. The second-order valence-electron chi connectivity index (χ2n) is 7.01. The lowest BCUT2D eigenvalue weighted by molar-refractivity contribution is 0.400. The van der Waals surface area contributed by atoms with Gasteiger partial charge in [0, 0.05) is 26.7 Å². The molecule has 0 N–H and O–H groups in total. The topological polar surface area (TPSA) is 45.2 Å². The van der Waals surface area contributed by atoms with Crippen LogP contribution in [0.25, 0.3) is 0 Å². The summed E-state index contributed by atoms with van der Waals surface area (Å²) in [7, 11) is 2.08. The van der Waals surface area contributed by atoms with Crippen LogP contribution in [0.15, 0.2) is 36.5 Å². The van der Waals surface area contributed by atoms with Crippen LogP contribution in [0.5, 0.6) is 0 Å². The maximum atomic E-state index is 4.74. The number of benzene rings is 1. The van der Waals surface area contributed by atoms with Gasteiger partial charge in [-0.3, -0.25) is 0 Å². The Bertz CT molecular complexity index is 638. The van der Waals surface area contributed by atoms with Gasteiger partial charge in [-0.15, -0.1) is 5.10 Å². The molecule has 25 heavy (non-hydrogen) atoms. The molecular weight excluding hydrogens is 310 g/mol. The summed E-state index contributed by atoms with van der Waals surface area (Å²) in [5.74, 6) is 2.45. The van der Waals surface area contributed by atoms with Crippen LogP contribution in [0.3, 0.4) is 0 Å². The van der Waals surface area contributed by atoms with Crippen molar-refractivity contribution in [3.63, 3.8) is 0 Å². The predicted octanol–water partition coefficient (Wildman–Crippen LogP) is 3.57. The first-order valence-corrected chi connectivity index (χ1v) is 9.46. The Morgan fingerprint density at radius 1 is 1.16 bits per heavy atom. The number of rotatable bonds is 7. The number of nitrogens with zero attached hydrogens (tertiary/aromatic N) is 5. The average Bonchev–Trinajstić information content (AvgIpc) is 2.67. The van der Waals surface area contributed by atoms with E-state index in [1.807, 2.05) is 0 Å². The molecule has 0 radical (unpaired) electrons. The van der Waals surface area contributed by atoms with Gasteiger partial charge < -0.3 is 9.80 Å². The van der Waals surface area contributed by atoms with Crippen LogP contribution < -0.4 is 9.80 Å². The molecule has 1 aliphatic heterocycles. The van der Waals surface area contributed by atoms with Crippen molar-refractivity contribution in [3.05, 3.63) is 42.1 Å². The van der Waals surface area contributed by atoms with Gasteiger partial charge in [-0.1, -0.05) is 43.7 Å². The minimum atomic E-state index is 0.752. The van der Waals surface area contributed by atoms with Crippen molar-refractivity contribution in [1.29, 1.82) is 0 Å². The van der Waals surface area contributed by atoms with Crippen LogP contribution >= 0.6 is 0 Å². The van der Waals surface area contributed by atoms with Gasteiger partial charge in [-0.05, 0) is 37.2 Å². The summed E-state index contributed by atoms with van der Waals surface area (Å²) < 4.78 is 0. The van der Waals surface area contributed by atoms with E-state index in [4.69, 9.17) is 4.98 Å². The van der Waals surface area contributed by atoms with Crippen molar-refractivity contribution in [2.45, 2.75) is 39.0 Å². The molecule has 5 nitrogen and oxygen atoms in total. The number of piperidine rings is 1. The Morgan fingerprint density at radius 2 is 1.92 bits per heavy atom. The van der Waals surface area contributed by atoms with E-state index < -0.39 is 0 Å². The number of hydrogen-bond acceptors (Lipinski definition) is 5. The second kappa shape index (κ2) is 8.79. The van der Waals surface area contributed by atoms with Crippen LogP contribution in [0.1, 0.15) is 38.2 Å². The van der Waals surface area contributed by atoms with E-state index in [2.05, 4.69) is 64.3 Å². The van der Waals surface area contributed by atoms with Gasteiger partial charge in [0.1, 0.15) is 0 Å². The van der Waals surface area contributed by atoms with Gasteiger partial charge >= 0.3 is 0 Å². The van der Waals surface area contributed by atoms with E-state index in [0.717, 1.165) is 37.3 Å². The van der Waals surface area contributed by atoms with Crippen LogP contribution in [-0.4, -0.2) is 41.9 Å². The molecule has 0 unspecified atom stereocenters. The maximum Gasteiger partial charge on any atom is 0.247 e. The molecule has 0 saturated carbocycles. The summed E-state index contributed by atoms with van der Waals surface area (Å²) in [5, 5.41) is 8.45. The fraction of sp³-hybridized carbons (Fsp3) is 0.550. The molecule has 0 amide bonds. The number of aromatic nitrogens is 3. The molecule has 0 spiro atoms. The molecule has 0 bridgehead atoms. The van der Waals surface area contributed by atoms with Crippen molar-refractivity contribution < 1.29 is 0 Å². The number of anilines is 2. The Labute approximate surface area is 151 Å². The van der Waals surface area contributed by atoms with E-state index in [0.29, 0.717) is 0 Å². The zero-order chi connectivity index (χ0) is 17.5. The van der Waals surface area contributed by atoms with E-state index in [9.17, 15) is 0 Å². The molecule has 1 aromatic heterocycles. The van der Waals surface area contributed by atoms with E-state index in [1.165, 1.54) is 37.7 Å². The number of hydrogen-bond donors (Lipinski definition) is 0. The molecule has 134 valence electrons. The van der Waals surface area contributed by atoms with Gasteiger partial charge in [0.2, 0.25) is 5.95 Å². The van der Waals surface area contributed by atoms with E-state index in [1.54, 1.807) is 6.20 Å². The van der Waals surface area contributed by atoms with Crippen LogP contribution in [-0.2, 0) is 6.42 Å². The van der Waals surface area contributed by atoms with Crippen LogP contribution in [0.4, 0.5) is 11.8 Å². The van der Waals surface area contributed by atoms with E-state index in [-0.39, 0.29) is 0 Å². The lowest BCUT2D eigenvalue weighted by atomic mass is 9.90. The molecule has 1 saturated heterocycles. The first-order chi connectivity index (χ1) is 12.3. The molecule has 3 rings (SSSR count). The third-order valence-electron chi connectivity index (χ3n) is 5.04. The maximum absolute atomic E-state index is 4.74. The number of unbranched alkanes of at least 4 members (excludes halogenated alkanes) is 1. The monoisotopic (exact) mass is 339 g/mol. The highest BCUT2D eigenvalue weighted by atomic mass is 15.3. The first kappa shape index (κ1) is 17.6. The van der Waals surface area contributed by atoms with Gasteiger partial charge in [-0.2, -0.15) is 10.1 Å². The van der Waals surface area contributed by atoms with E-state index >= 15 is 0 Å². The first-order valence-electron chi connectivity index (χ1n) is 9.46. The molecule has 2 heterocycles. The summed E-state index contributed by atoms with van der Waals surface area (Å²) >= 11 is 0. The van der Waals surface area contributed by atoms with Crippen LogP contribution in [0.2, 0.25) is 0 Å². The van der Waals surface area contributed by atoms with Crippen molar-refractivity contribution in [2.75, 3.05) is 36.5 Å². The lowest BCUT2D eigenvalue weighted by Gasteiger charge is -2.32.